The van der Waals surface area contributed by atoms with Crippen LogP contribution in [0.4, 0.5) is 5.95 Å². The molecule has 0 amide bonds. The van der Waals surface area contributed by atoms with Gasteiger partial charge in [0, 0.05) is 0 Å². The maximum absolute atomic E-state index is 6.08. The van der Waals surface area contributed by atoms with E-state index in [1.807, 2.05) is 24.3 Å². The van der Waals surface area contributed by atoms with Crippen molar-refractivity contribution in [1.82, 2.24) is 29.5 Å². The number of ether oxygens (including phenoxy) is 1. The highest BCUT2D eigenvalue weighted by molar-refractivity contribution is 9.10. The Bertz CT molecular complexity index is 1080. The second kappa shape index (κ2) is 7.38. The molecule has 8 nitrogen and oxygen atoms in total. The summed E-state index contributed by atoms with van der Waals surface area (Å²) in [5.74, 6) is 1.40. The Balaban J connectivity index is 1.41. The van der Waals surface area contributed by atoms with Gasteiger partial charge in [0.15, 0.2) is 5.65 Å². The van der Waals surface area contributed by atoms with E-state index in [0.29, 0.717) is 24.2 Å². The summed E-state index contributed by atoms with van der Waals surface area (Å²) >= 11 is 3.50. The van der Waals surface area contributed by atoms with E-state index in [2.05, 4.69) is 46.3 Å². The van der Waals surface area contributed by atoms with Gasteiger partial charge in [-0.05, 0) is 53.7 Å². The van der Waals surface area contributed by atoms with E-state index in [1.54, 1.807) is 10.7 Å². The van der Waals surface area contributed by atoms with E-state index in [4.69, 9.17) is 4.74 Å². The van der Waals surface area contributed by atoms with Crippen molar-refractivity contribution in [3.05, 3.63) is 40.8 Å². The minimum Gasteiger partial charge on any atom is -0.460 e. The molecule has 1 saturated carbocycles. The van der Waals surface area contributed by atoms with Crippen molar-refractivity contribution in [2.24, 2.45) is 0 Å². The number of rotatable bonds is 5. The second-order valence-corrected chi connectivity index (χ2v) is 7.84. The molecule has 3 heterocycles. The third kappa shape index (κ3) is 3.42. The van der Waals surface area contributed by atoms with Crippen LogP contribution in [0.1, 0.15) is 37.9 Å². The number of H-pyrrole nitrogens is 1. The molecule has 0 unspecified atom stereocenters. The predicted molar refractivity (Wildman–Crippen MR) is 109 cm³/mol. The van der Waals surface area contributed by atoms with Crippen LogP contribution in [0.3, 0.4) is 0 Å². The largest absolute Gasteiger partial charge is 0.460 e. The highest BCUT2D eigenvalue weighted by Gasteiger charge is 2.19. The lowest BCUT2D eigenvalue weighted by atomic mass is 9.98. The quantitative estimate of drug-likeness (QED) is 0.484. The number of aromatic amines is 1. The van der Waals surface area contributed by atoms with E-state index in [9.17, 15) is 0 Å². The minimum atomic E-state index is 0.182. The smallest absolute Gasteiger partial charge is 0.322 e. The van der Waals surface area contributed by atoms with E-state index in [-0.39, 0.29) is 6.10 Å². The number of hydrogen-bond donors (Lipinski definition) is 2. The third-order valence-electron chi connectivity index (χ3n) is 4.98. The van der Waals surface area contributed by atoms with E-state index in [1.165, 1.54) is 19.3 Å². The number of imidazole rings is 1. The average Bonchev–Trinajstić information content (AvgIpc) is 3.30. The molecule has 3 aromatic heterocycles. The molecule has 4 aromatic rings. The van der Waals surface area contributed by atoms with Crippen molar-refractivity contribution in [3.63, 3.8) is 0 Å². The van der Waals surface area contributed by atoms with Crippen LogP contribution in [0.2, 0.25) is 0 Å². The lowest BCUT2D eigenvalue weighted by Crippen LogP contribution is -2.21. The summed E-state index contributed by atoms with van der Waals surface area (Å²) in [7, 11) is 0. The van der Waals surface area contributed by atoms with Crippen molar-refractivity contribution in [1.29, 1.82) is 0 Å². The first-order chi connectivity index (χ1) is 13.8. The fourth-order valence-electron chi connectivity index (χ4n) is 3.58. The fourth-order valence-corrected chi connectivity index (χ4v) is 3.93. The van der Waals surface area contributed by atoms with E-state index >= 15 is 0 Å². The number of hydrogen-bond acceptors (Lipinski definition) is 6. The average molecular weight is 442 g/mol. The molecule has 0 radical (unpaired) electrons. The standard InChI is InChI=1S/C19H20BrN7O/c20-13-10-22-27-17(13)25-19(28-12-6-2-1-3-7-12)26-18(27)21-11-16-23-14-8-4-5-9-15(14)24-16/h4-5,8-10,12H,1-3,6-7,11H2,(H,23,24)(H,21,25,26). The highest BCUT2D eigenvalue weighted by atomic mass is 79.9. The molecule has 9 heteroatoms. The number of para-hydroxylation sites is 2. The summed E-state index contributed by atoms with van der Waals surface area (Å²) in [5, 5.41) is 7.67. The van der Waals surface area contributed by atoms with Crippen LogP contribution in [0.25, 0.3) is 16.7 Å². The summed E-state index contributed by atoms with van der Waals surface area (Å²) in [6, 6.07) is 8.34. The molecule has 1 aliphatic carbocycles. The van der Waals surface area contributed by atoms with Crippen molar-refractivity contribution < 1.29 is 4.74 Å². The number of aromatic nitrogens is 6. The van der Waals surface area contributed by atoms with E-state index in [0.717, 1.165) is 34.2 Å². The predicted octanol–water partition coefficient (Wildman–Crippen LogP) is 4.09. The molecule has 1 aromatic carbocycles. The summed E-state index contributed by atoms with van der Waals surface area (Å²) in [4.78, 5) is 17.0. The fraction of sp³-hybridized carbons (Fsp3) is 0.368. The van der Waals surface area contributed by atoms with Gasteiger partial charge >= 0.3 is 6.01 Å². The van der Waals surface area contributed by atoms with Crippen LogP contribution in [0, 0.1) is 0 Å². The van der Waals surface area contributed by atoms with Gasteiger partial charge in [0.25, 0.3) is 0 Å². The van der Waals surface area contributed by atoms with Gasteiger partial charge < -0.3 is 15.0 Å². The van der Waals surface area contributed by atoms with Gasteiger partial charge in [-0.25, -0.2) is 4.98 Å². The van der Waals surface area contributed by atoms with Crippen LogP contribution >= 0.6 is 15.9 Å². The number of benzene rings is 1. The van der Waals surface area contributed by atoms with Crippen LogP contribution in [-0.2, 0) is 6.54 Å². The maximum atomic E-state index is 6.08. The first-order valence-corrected chi connectivity index (χ1v) is 10.3. The molecule has 144 valence electrons. The first kappa shape index (κ1) is 17.4. The van der Waals surface area contributed by atoms with Crippen molar-refractivity contribution in [3.8, 4) is 6.01 Å². The van der Waals surface area contributed by atoms with Gasteiger partial charge in [-0.3, -0.25) is 0 Å². The van der Waals surface area contributed by atoms with Crippen molar-refractivity contribution in [2.75, 3.05) is 5.32 Å². The first-order valence-electron chi connectivity index (χ1n) is 9.52. The zero-order chi connectivity index (χ0) is 18.9. The van der Waals surface area contributed by atoms with Gasteiger partial charge in [0.05, 0.1) is 28.2 Å². The molecular formula is C19H20BrN7O. The number of fused-ring (bicyclic) bond motifs is 2. The molecule has 28 heavy (non-hydrogen) atoms. The van der Waals surface area contributed by atoms with Gasteiger partial charge in [0.2, 0.25) is 5.95 Å². The summed E-state index contributed by atoms with van der Waals surface area (Å²) in [6.07, 6.45) is 7.66. The van der Waals surface area contributed by atoms with Gasteiger partial charge in [-0.1, -0.05) is 18.6 Å². The zero-order valence-electron chi connectivity index (χ0n) is 15.2. The van der Waals surface area contributed by atoms with Crippen LogP contribution in [0.5, 0.6) is 6.01 Å². The Morgan fingerprint density at radius 1 is 1.14 bits per heavy atom. The van der Waals surface area contributed by atoms with E-state index < -0.39 is 0 Å². The van der Waals surface area contributed by atoms with Crippen molar-refractivity contribution >= 4 is 38.6 Å². The van der Waals surface area contributed by atoms with Crippen LogP contribution in [0.15, 0.2) is 34.9 Å². The molecule has 1 fully saturated rings. The summed E-state index contributed by atoms with van der Waals surface area (Å²) < 4.78 is 8.55. The lowest BCUT2D eigenvalue weighted by Gasteiger charge is -2.22. The Labute approximate surface area is 169 Å². The minimum absolute atomic E-state index is 0.182. The maximum Gasteiger partial charge on any atom is 0.322 e. The van der Waals surface area contributed by atoms with Crippen molar-refractivity contribution in [2.45, 2.75) is 44.8 Å². The number of anilines is 1. The normalized spacial score (nSPS) is 15.3. The second-order valence-electron chi connectivity index (χ2n) is 6.99. The molecule has 0 aliphatic heterocycles. The SMILES string of the molecule is Brc1cnn2c(NCc3nc4ccccc4[nH]3)nc(OC3CCCCC3)nc12. The Hall–Kier alpha value is -2.68. The molecule has 2 N–H and O–H groups in total. The van der Waals surface area contributed by atoms with Gasteiger partial charge in [-0.15, -0.1) is 0 Å². The number of nitrogens with one attached hydrogen (secondary N) is 2. The van der Waals surface area contributed by atoms with Gasteiger partial charge in [0.1, 0.15) is 11.9 Å². The topological polar surface area (TPSA) is 93.0 Å². The molecule has 0 bridgehead atoms. The molecule has 5 rings (SSSR count). The lowest BCUT2D eigenvalue weighted by molar-refractivity contribution is 0.142. The molecule has 1 aliphatic rings. The highest BCUT2D eigenvalue weighted by Crippen LogP contribution is 2.25. The van der Waals surface area contributed by atoms with Crippen LogP contribution < -0.4 is 10.1 Å². The van der Waals surface area contributed by atoms with Crippen LogP contribution in [-0.4, -0.2) is 35.7 Å². The molecule has 0 spiro atoms. The molecular weight excluding hydrogens is 422 g/mol. The Kier molecular flexibility index (Phi) is 4.59. The number of halogens is 1. The summed E-state index contributed by atoms with van der Waals surface area (Å²) in [6.45, 7) is 0.487. The Morgan fingerprint density at radius 3 is 2.86 bits per heavy atom. The number of nitrogens with zero attached hydrogens (tertiary/aromatic N) is 5. The molecule has 0 saturated heterocycles. The summed E-state index contributed by atoms with van der Waals surface area (Å²) in [5.41, 5.74) is 2.62. The molecule has 0 atom stereocenters. The third-order valence-corrected chi connectivity index (χ3v) is 5.54. The monoisotopic (exact) mass is 441 g/mol. The zero-order valence-corrected chi connectivity index (χ0v) is 16.8. The van der Waals surface area contributed by atoms with Gasteiger partial charge in [-0.2, -0.15) is 19.6 Å². The Morgan fingerprint density at radius 2 is 2.00 bits per heavy atom.